The van der Waals surface area contributed by atoms with E-state index in [1.54, 1.807) is 0 Å². The van der Waals surface area contributed by atoms with E-state index >= 15 is 0 Å². The van der Waals surface area contributed by atoms with Gasteiger partial charge in [0.05, 0.1) is 0 Å². The Kier molecular flexibility index (Phi) is 7.72. The minimum atomic E-state index is 0.515. The highest BCUT2D eigenvalue weighted by Gasteiger charge is 2.14. The molecule has 128 valence electrons. The van der Waals surface area contributed by atoms with Crippen LogP contribution in [0.4, 0.5) is 0 Å². The number of aldehydes is 1. The Hall–Kier alpha value is -1.23. The van der Waals surface area contributed by atoms with Gasteiger partial charge in [-0.25, -0.2) is 0 Å². The fraction of sp³-hybridized carbons (Fsp3) is 0.632. The molecule has 0 N–H and O–H groups in total. The van der Waals surface area contributed by atoms with Crippen molar-refractivity contribution in [3.8, 4) is 0 Å². The molecule has 0 radical (unpaired) electrons. The first-order valence-corrected chi connectivity index (χ1v) is 8.93. The van der Waals surface area contributed by atoms with Crippen LogP contribution in [0.15, 0.2) is 24.3 Å². The van der Waals surface area contributed by atoms with Crippen molar-refractivity contribution in [3.05, 3.63) is 35.4 Å². The predicted molar refractivity (Wildman–Crippen MR) is 95.7 cm³/mol. The minimum absolute atomic E-state index is 0.515. The molecule has 0 unspecified atom stereocenters. The molecule has 0 aromatic heterocycles. The van der Waals surface area contributed by atoms with Crippen LogP contribution >= 0.6 is 0 Å². The molecule has 1 fully saturated rings. The Labute approximate surface area is 141 Å². The number of hydrogen-bond donors (Lipinski definition) is 0. The SMILES string of the molecule is CCN1CCN(CC)CCN(Cc2ccc(CC=O)cc2)CC1. The van der Waals surface area contributed by atoms with Crippen molar-refractivity contribution in [2.75, 3.05) is 52.4 Å². The number of hydrogen-bond acceptors (Lipinski definition) is 4. The molecule has 0 saturated carbocycles. The zero-order chi connectivity index (χ0) is 16.5. The van der Waals surface area contributed by atoms with Gasteiger partial charge in [0.2, 0.25) is 0 Å². The topological polar surface area (TPSA) is 26.8 Å². The molecule has 1 heterocycles. The number of carbonyl (C=O) groups is 1. The molecule has 4 nitrogen and oxygen atoms in total. The maximum Gasteiger partial charge on any atom is 0.124 e. The van der Waals surface area contributed by atoms with Crippen molar-refractivity contribution >= 4 is 6.29 Å². The van der Waals surface area contributed by atoms with E-state index in [1.807, 2.05) is 0 Å². The first-order valence-electron chi connectivity index (χ1n) is 8.93. The van der Waals surface area contributed by atoms with E-state index in [-0.39, 0.29) is 0 Å². The summed E-state index contributed by atoms with van der Waals surface area (Å²) in [5, 5.41) is 0. The first-order chi connectivity index (χ1) is 11.2. The molecule has 1 saturated heterocycles. The Morgan fingerprint density at radius 3 is 1.65 bits per heavy atom. The Balaban J connectivity index is 1.96. The lowest BCUT2D eigenvalue weighted by atomic mass is 10.1. The van der Waals surface area contributed by atoms with Crippen LogP contribution in [0.1, 0.15) is 25.0 Å². The maximum absolute atomic E-state index is 10.6. The van der Waals surface area contributed by atoms with Crippen molar-refractivity contribution in [1.29, 1.82) is 0 Å². The largest absolute Gasteiger partial charge is 0.303 e. The van der Waals surface area contributed by atoms with Crippen molar-refractivity contribution in [2.45, 2.75) is 26.8 Å². The van der Waals surface area contributed by atoms with Crippen LogP contribution in [-0.2, 0) is 17.8 Å². The van der Waals surface area contributed by atoms with Gasteiger partial charge < -0.3 is 14.6 Å². The van der Waals surface area contributed by atoms with E-state index in [0.29, 0.717) is 6.42 Å². The lowest BCUT2D eigenvalue weighted by molar-refractivity contribution is -0.107. The fourth-order valence-corrected chi connectivity index (χ4v) is 3.11. The summed E-state index contributed by atoms with van der Waals surface area (Å²) in [5.41, 5.74) is 2.44. The van der Waals surface area contributed by atoms with E-state index in [9.17, 15) is 4.79 Å². The van der Waals surface area contributed by atoms with Crippen LogP contribution in [0.5, 0.6) is 0 Å². The molecular formula is C19H31N3O. The summed E-state index contributed by atoms with van der Waals surface area (Å²) < 4.78 is 0. The van der Waals surface area contributed by atoms with Crippen LogP contribution in [-0.4, -0.2) is 73.3 Å². The Morgan fingerprint density at radius 2 is 1.22 bits per heavy atom. The van der Waals surface area contributed by atoms with E-state index in [4.69, 9.17) is 0 Å². The molecule has 0 amide bonds. The quantitative estimate of drug-likeness (QED) is 0.749. The maximum atomic E-state index is 10.6. The standard InChI is InChI=1S/C19H31N3O/c1-3-20-10-11-21(4-2)13-15-22(14-12-20)17-19-7-5-18(6-8-19)9-16-23/h5-8,16H,3-4,9-15,17H2,1-2H3. The number of nitrogens with zero attached hydrogens (tertiary/aromatic N) is 3. The third-order valence-electron chi connectivity index (χ3n) is 4.84. The van der Waals surface area contributed by atoms with Gasteiger partial charge >= 0.3 is 0 Å². The highest BCUT2D eigenvalue weighted by molar-refractivity contribution is 5.54. The van der Waals surface area contributed by atoms with Crippen LogP contribution in [0, 0.1) is 0 Å². The van der Waals surface area contributed by atoms with Gasteiger partial charge in [0.25, 0.3) is 0 Å². The van der Waals surface area contributed by atoms with E-state index in [1.165, 1.54) is 18.7 Å². The van der Waals surface area contributed by atoms with Crippen molar-refractivity contribution < 1.29 is 4.79 Å². The molecule has 0 aliphatic carbocycles. The molecule has 0 bridgehead atoms. The number of likely N-dealkylation sites (N-methyl/N-ethyl adjacent to an activating group) is 2. The third kappa shape index (κ3) is 6.05. The van der Waals surface area contributed by atoms with Crippen LogP contribution < -0.4 is 0 Å². The van der Waals surface area contributed by atoms with Gasteiger partial charge in [-0.2, -0.15) is 0 Å². The minimum Gasteiger partial charge on any atom is -0.303 e. The fourth-order valence-electron chi connectivity index (χ4n) is 3.11. The van der Waals surface area contributed by atoms with Gasteiger partial charge in [0.1, 0.15) is 6.29 Å². The third-order valence-corrected chi connectivity index (χ3v) is 4.84. The van der Waals surface area contributed by atoms with Crippen LogP contribution in [0.25, 0.3) is 0 Å². The predicted octanol–water partition coefficient (Wildman–Crippen LogP) is 1.89. The summed E-state index contributed by atoms with van der Waals surface area (Å²) in [6.45, 7) is 14.7. The average molecular weight is 317 g/mol. The van der Waals surface area contributed by atoms with Crippen LogP contribution in [0.3, 0.4) is 0 Å². The average Bonchev–Trinajstić information content (AvgIpc) is 2.67. The molecule has 0 spiro atoms. The molecule has 1 aromatic rings. The molecule has 2 rings (SSSR count). The van der Waals surface area contributed by atoms with Gasteiger partial charge in [-0.15, -0.1) is 0 Å². The van der Waals surface area contributed by atoms with Crippen molar-refractivity contribution in [3.63, 3.8) is 0 Å². The molecule has 4 heteroatoms. The molecular weight excluding hydrogens is 286 g/mol. The Bertz CT molecular complexity index is 444. The van der Waals surface area contributed by atoms with Gasteiger partial charge in [-0.05, 0) is 24.2 Å². The van der Waals surface area contributed by atoms with Gasteiger partial charge in [-0.3, -0.25) is 4.90 Å². The van der Waals surface area contributed by atoms with E-state index in [2.05, 4.69) is 52.8 Å². The summed E-state index contributed by atoms with van der Waals surface area (Å²) in [7, 11) is 0. The second-order valence-corrected chi connectivity index (χ2v) is 6.33. The molecule has 0 atom stereocenters. The monoisotopic (exact) mass is 317 g/mol. The lowest BCUT2D eigenvalue weighted by Crippen LogP contribution is -2.35. The molecule has 23 heavy (non-hydrogen) atoms. The summed E-state index contributed by atoms with van der Waals surface area (Å²) in [6, 6.07) is 8.49. The number of benzene rings is 1. The smallest absolute Gasteiger partial charge is 0.124 e. The summed E-state index contributed by atoms with van der Waals surface area (Å²) in [6.07, 6.45) is 1.48. The summed E-state index contributed by atoms with van der Waals surface area (Å²) in [4.78, 5) is 18.2. The highest BCUT2D eigenvalue weighted by atomic mass is 16.1. The van der Waals surface area contributed by atoms with E-state index in [0.717, 1.165) is 57.7 Å². The normalized spacial score (nSPS) is 19.0. The molecule has 1 aliphatic rings. The number of carbonyl (C=O) groups excluding carboxylic acids is 1. The van der Waals surface area contributed by atoms with Crippen molar-refractivity contribution in [1.82, 2.24) is 14.7 Å². The zero-order valence-corrected chi connectivity index (χ0v) is 14.7. The highest BCUT2D eigenvalue weighted by Crippen LogP contribution is 2.09. The molecule has 1 aromatic carbocycles. The Morgan fingerprint density at radius 1 is 0.783 bits per heavy atom. The van der Waals surface area contributed by atoms with Crippen molar-refractivity contribution in [2.24, 2.45) is 0 Å². The lowest BCUT2D eigenvalue weighted by Gasteiger charge is -2.25. The zero-order valence-electron chi connectivity index (χ0n) is 14.7. The number of rotatable bonds is 6. The molecule has 1 aliphatic heterocycles. The second-order valence-electron chi connectivity index (χ2n) is 6.33. The van der Waals surface area contributed by atoms with Gasteiger partial charge in [-0.1, -0.05) is 38.1 Å². The van der Waals surface area contributed by atoms with Crippen LogP contribution in [0.2, 0.25) is 0 Å². The summed E-state index contributed by atoms with van der Waals surface area (Å²) >= 11 is 0. The van der Waals surface area contributed by atoms with E-state index < -0.39 is 0 Å². The van der Waals surface area contributed by atoms with Gasteiger partial charge in [0.15, 0.2) is 0 Å². The second kappa shape index (κ2) is 9.81. The van der Waals surface area contributed by atoms with Gasteiger partial charge in [0, 0.05) is 52.2 Å². The first kappa shape index (κ1) is 18.1. The summed E-state index contributed by atoms with van der Waals surface area (Å²) in [5.74, 6) is 0.